The van der Waals surface area contributed by atoms with Gasteiger partial charge in [-0.25, -0.2) is 4.39 Å². The Morgan fingerprint density at radius 1 is 1.42 bits per heavy atom. The Bertz CT molecular complexity index is 655. The molecule has 0 saturated carbocycles. The van der Waals surface area contributed by atoms with Gasteiger partial charge in [-0.1, -0.05) is 23.4 Å². The third kappa shape index (κ3) is 3.34. The van der Waals surface area contributed by atoms with E-state index >= 15 is 0 Å². The third-order valence-electron chi connectivity index (χ3n) is 2.64. The first-order valence-electron chi connectivity index (χ1n) is 5.67. The van der Waals surface area contributed by atoms with Gasteiger partial charge < -0.3 is 5.11 Å². The van der Waals surface area contributed by atoms with Crippen LogP contribution in [0.5, 0.6) is 0 Å². The van der Waals surface area contributed by atoms with Crippen LogP contribution >= 0.6 is 11.6 Å². The normalized spacial score (nSPS) is 10.1. The predicted molar refractivity (Wildman–Crippen MR) is 71.4 cm³/mol. The summed E-state index contributed by atoms with van der Waals surface area (Å²) in [4.78, 5) is 0. The fraction of sp³-hybridized carbons (Fsp3) is 0.214. The molecule has 0 aliphatic heterocycles. The molecule has 0 aliphatic carbocycles. The van der Waals surface area contributed by atoms with Crippen LogP contribution in [0, 0.1) is 24.6 Å². The summed E-state index contributed by atoms with van der Waals surface area (Å²) >= 11 is 5.92. The molecule has 0 radical (unpaired) electrons. The van der Waals surface area contributed by atoms with Crippen molar-refractivity contribution < 1.29 is 9.50 Å². The second-order valence-corrected chi connectivity index (χ2v) is 4.45. The Balaban J connectivity index is 2.30. The summed E-state index contributed by atoms with van der Waals surface area (Å²) < 4.78 is 15.2. The quantitative estimate of drug-likeness (QED) is 0.857. The lowest BCUT2D eigenvalue weighted by molar-refractivity contribution is 0.350. The zero-order chi connectivity index (χ0) is 13.8. The lowest BCUT2D eigenvalue weighted by Gasteiger charge is -2.06. The number of halogens is 2. The lowest BCUT2D eigenvalue weighted by atomic mass is 10.1. The van der Waals surface area contributed by atoms with Crippen LogP contribution in [0.25, 0.3) is 0 Å². The first-order chi connectivity index (χ1) is 9.10. The highest BCUT2D eigenvalue weighted by atomic mass is 35.5. The molecular weight excluding hydrogens is 267 g/mol. The molecule has 2 aromatic rings. The molecule has 1 aromatic carbocycles. The molecule has 0 unspecified atom stereocenters. The number of aromatic nitrogens is 2. The number of hydrogen-bond acceptors (Lipinski definition) is 2. The number of hydrogen-bond donors (Lipinski definition) is 1. The van der Waals surface area contributed by atoms with Crippen LogP contribution < -0.4 is 0 Å². The monoisotopic (exact) mass is 278 g/mol. The minimum atomic E-state index is -0.365. The maximum Gasteiger partial charge on any atom is 0.124 e. The average molecular weight is 279 g/mol. The molecule has 1 N–H and O–H groups in total. The van der Waals surface area contributed by atoms with E-state index in [4.69, 9.17) is 16.7 Å². The maximum atomic E-state index is 13.5. The number of nitrogens with zero attached hydrogens (tertiary/aromatic N) is 2. The molecule has 1 aromatic heterocycles. The van der Waals surface area contributed by atoms with Gasteiger partial charge in [-0.3, -0.25) is 4.68 Å². The number of aliphatic hydroxyl groups is 1. The van der Waals surface area contributed by atoms with Crippen molar-refractivity contribution in [1.29, 1.82) is 0 Å². The summed E-state index contributed by atoms with van der Waals surface area (Å²) in [5.41, 5.74) is 2.10. The van der Waals surface area contributed by atoms with Crippen molar-refractivity contribution in [3.63, 3.8) is 0 Å². The second kappa shape index (κ2) is 5.87. The van der Waals surface area contributed by atoms with Gasteiger partial charge in [0.05, 0.1) is 23.5 Å². The van der Waals surface area contributed by atoms with Crippen LogP contribution in [0.1, 0.15) is 16.8 Å². The first-order valence-corrected chi connectivity index (χ1v) is 6.05. The van der Waals surface area contributed by atoms with Gasteiger partial charge in [-0.05, 0) is 30.7 Å². The highest BCUT2D eigenvalue weighted by molar-refractivity contribution is 6.31. The van der Waals surface area contributed by atoms with E-state index in [0.717, 1.165) is 11.3 Å². The molecule has 0 saturated heterocycles. The molecule has 2 rings (SSSR count). The van der Waals surface area contributed by atoms with Gasteiger partial charge in [-0.2, -0.15) is 5.10 Å². The smallest absolute Gasteiger partial charge is 0.124 e. The van der Waals surface area contributed by atoms with E-state index in [2.05, 4.69) is 16.9 Å². The van der Waals surface area contributed by atoms with E-state index in [1.54, 1.807) is 16.9 Å². The Kier molecular flexibility index (Phi) is 4.20. The Morgan fingerprint density at radius 2 is 2.21 bits per heavy atom. The Morgan fingerprint density at radius 3 is 2.84 bits per heavy atom. The summed E-state index contributed by atoms with van der Waals surface area (Å²) in [6.45, 7) is 2.02. The van der Waals surface area contributed by atoms with E-state index in [0.29, 0.717) is 17.1 Å². The summed E-state index contributed by atoms with van der Waals surface area (Å²) in [7, 11) is 0. The topological polar surface area (TPSA) is 38.0 Å². The number of rotatable bonds is 2. The van der Waals surface area contributed by atoms with Crippen molar-refractivity contribution in [2.75, 3.05) is 6.61 Å². The molecule has 3 nitrogen and oxygen atoms in total. The Hall–Kier alpha value is -1.83. The molecule has 0 bridgehead atoms. The van der Waals surface area contributed by atoms with E-state index in [1.807, 2.05) is 6.92 Å². The van der Waals surface area contributed by atoms with Gasteiger partial charge in [0, 0.05) is 5.56 Å². The fourth-order valence-electron chi connectivity index (χ4n) is 1.71. The van der Waals surface area contributed by atoms with E-state index < -0.39 is 0 Å². The summed E-state index contributed by atoms with van der Waals surface area (Å²) in [5, 5.41) is 13.3. The van der Waals surface area contributed by atoms with Crippen LogP contribution in [0.2, 0.25) is 5.02 Å². The summed E-state index contributed by atoms with van der Waals surface area (Å²) in [6.07, 6.45) is 1.56. The van der Waals surface area contributed by atoms with E-state index in [1.165, 1.54) is 12.1 Å². The molecule has 0 fully saturated rings. The highest BCUT2D eigenvalue weighted by Gasteiger charge is 2.06. The van der Waals surface area contributed by atoms with Crippen molar-refractivity contribution in [2.24, 2.45) is 0 Å². The second-order valence-electron chi connectivity index (χ2n) is 4.04. The van der Waals surface area contributed by atoms with Gasteiger partial charge >= 0.3 is 0 Å². The third-order valence-corrected chi connectivity index (χ3v) is 3.02. The van der Waals surface area contributed by atoms with Gasteiger partial charge in [0.15, 0.2) is 0 Å². The standard InChI is InChI=1S/C14H12ClFN2O/c1-10-14(15)8-17-18(10)9-12-5-11(3-2-4-19)6-13(16)7-12/h5-8,19H,4,9H2,1H3. The van der Waals surface area contributed by atoms with E-state index in [9.17, 15) is 4.39 Å². The molecule has 19 heavy (non-hydrogen) atoms. The van der Waals surface area contributed by atoms with Crippen molar-refractivity contribution >= 4 is 11.6 Å². The van der Waals surface area contributed by atoms with Crippen LogP contribution in [0.4, 0.5) is 4.39 Å². The molecular formula is C14H12ClFN2O. The zero-order valence-corrected chi connectivity index (χ0v) is 11.1. The summed E-state index contributed by atoms with van der Waals surface area (Å²) in [5.74, 6) is 4.81. The maximum absolute atomic E-state index is 13.5. The largest absolute Gasteiger partial charge is 0.384 e. The predicted octanol–water partition coefficient (Wildman–Crippen LogP) is 2.38. The fourth-order valence-corrected chi connectivity index (χ4v) is 1.85. The van der Waals surface area contributed by atoms with Gasteiger partial charge in [0.1, 0.15) is 12.4 Å². The highest BCUT2D eigenvalue weighted by Crippen LogP contribution is 2.16. The minimum absolute atomic E-state index is 0.250. The van der Waals surface area contributed by atoms with Crippen LogP contribution in [0.3, 0.4) is 0 Å². The SMILES string of the molecule is Cc1c(Cl)cnn1Cc1cc(F)cc(C#CCO)c1. The molecule has 0 spiro atoms. The van der Waals surface area contributed by atoms with Crippen molar-refractivity contribution in [1.82, 2.24) is 9.78 Å². The minimum Gasteiger partial charge on any atom is -0.384 e. The van der Waals surface area contributed by atoms with Gasteiger partial charge in [-0.15, -0.1) is 0 Å². The first kappa shape index (κ1) is 13.6. The lowest BCUT2D eigenvalue weighted by Crippen LogP contribution is -2.04. The van der Waals surface area contributed by atoms with Crippen molar-refractivity contribution in [2.45, 2.75) is 13.5 Å². The summed E-state index contributed by atoms with van der Waals surface area (Å²) in [6, 6.07) is 4.52. The van der Waals surface area contributed by atoms with Crippen LogP contribution in [-0.2, 0) is 6.54 Å². The van der Waals surface area contributed by atoms with E-state index in [-0.39, 0.29) is 12.4 Å². The van der Waals surface area contributed by atoms with Crippen LogP contribution in [0.15, 0.2) is 24.4 Å². The van der Waals surface area contributed by atoms with Gasteiger partial charge in [0.25, 0.3) is 0 Å². The van der Waals surface area contributed by atoms with Crippen molar-refractivity contribution in [3.8, 4) is 11.8 Å². The molecule has 0 atom stereocenters. The van der Waals surface area contributed by atoms with Crippen LogP contribution in [-0.4, -0.2) is 21.5 Å². The van der Waals surface area contributed by atoms with Gasteiger partial charge in [0.2, 0.25) is 0 Å². The number of benzene rings is 1. The molecule has 0 amide bonds. The zero-order valence-electron chi connectivity index (χ0n) is 10.3. The number of aliphatic hydroxyl groups excluding tert-OH is 1. The average Bonchev–Trinajstić information content (AvgIpc) is 2.68. The van der Waals surface area contributed by atoms with Crippen molar-refractivity contribution in [3.05, 3.63) is 52.1 Å². The Labute approximate surface area is 115 Å². The molecule has 98 valence electrons. The molecule has 1 heterocycles. The molecule has 0 aliphatic rings. The molecule has 5 heteroatoms.